The van der Waals surface area contributed by atoms with Gasteiger partial charge in [-0.3, -0.25) is 9.69 Å². The lowest BCUT2D eigenvalue weighted by molar-refractivity contribution is 0.100. The minimum Gasteiger partial charge on any atom is -0.319 e. The van der Waals surface area contributed by atoms with Crippen molar-refractivity contribution in [2.75, 3.05) is 18.4 Å². The maximum Gasteiger partial charge on any atom is 0.293 e. The normalized spacial score (nSPS) is 25.9. The molecular formula is C19H23N5O. The highest BCUT2D eigenvalue weighted by Crippen LogP contribution is 2.37. The number of rotatable bonds is 3. The SMILES string of the molecule is O=C(Nc1ccccc1)c1nnc2n1C[C@@H]1CN(C3CCC3)C[C@@H]1C2. The molecule has 0 radical (unpaired) electrons. The fourth-order valence-corrected chi connectivity index (χ4v) is 4.49. The molecule has 2 fully saturated rings. The van der Waals surface area contributed by atoms with E-state index in [0.717, 1.165) is 37.1 Å². The van der Waals surface area contributed by atoms with Crippen molar-refractivity contribution in [3.63, 3.8) is 0 Å². The van der Waals surface area contributed by atoms with Gasteiger partial charge in [0.2, 0.25) is 5.82 Å². The summed E-state index contributed by atoms with van der Waals surface area (Å²) in [5.41, 5.74) is 0.788. The zero-order chi connectivity index (χ0) is 16.8. The molecule has 0 spiro atoms. The summed E-state index contributed by atoms with van der Waals surface area (Å²) >= 11 is 0. The number of hydrogen-bond acceptors (Lipinski definition) is 4. The molecule has 1 aromatic heterocycles. The molecule has 1 aliphatic carbocycles. The highest BCUT2D eigenvalue weighted by molar-refractivity contribution is 6.01. The number of para-hydroxylation sites is 1. The summed E-state index contributed by atoms with van der Waals surface area (Å²) in [5.74, 6) is 2.53. The van der Waals surface area contributed by atoms with Crippen molar-refractivity contribution >= 4 is 11.6 Å². The first-order chi connectivity index (χ1) is 12.3. The van der Waals surface area contributed by atoms with Gasteiger partial charge >= 0.3 is 0 Å². The molecule has 1 saturated heterocycles. The molecule has 6 heteroatoms. The molecule has 1 saturated carbocycles. The summed E-state index contributed by atoms with van der Waals surface area (Å²) in [6.45, 7) is 3.22. The summed E-state index contributed by atoms with van der Waals surface area (Å²) in [6.07, 6.45) is 5.04. The Hall–Kier alpha value is -2.21. The summed E-state index contributed by atoms with van der Waals surface area (Å²) in [6, 6.07) is 10.3. The van der Waals surface area contributed by atoms with Crippen molar-refractivity contribution in [1.82, 2.24) is 19.7 Å². The number of hydrogen-bond donors (Lipinski definition) is 1. The average molecular weight is 337 g/mol. The predicted octanol–water partition coefficient (Wildman–Crippen LogP) is 2.19. The quantitative estimate of drug-likeness (QED) is 0.932. The molecule has 2 atom stereocenters. The summed E-state index contributed by atoms with van der Waals surface area (Å²) < 4.78 is 2.05. The van der Waals surface area contributed by atoms with Crippen LogP contribution in [0.25, 0.3) is 0 Å². The van der Waals surface area contributed by atoms with Crippen LogP contribution in [-0.2, 0) is 13.0 Å². The van der Waals surface area contributed by atoms with E-state index in [9.17, 15) is 4.79 Å². The van der Waals surface area contributed by atoms with E-state index in [1.54, 1.807) is 0 Å². The number of benzene rings is 1. The topological polar surface area (TPSA) is 63.1 Å². The number of nitrogens with zero attached hydrogens (tertiary/aromatic N) is 4. The summed E-state index contributed by atoms with van der Waals surface area (Å²) in [4.78, 5) is 15.3. The Morgan fingerprint density at radius 3 is 2.60 bits per heavy atom. The van der Waals surface area contributed by atoms with Crippen molar-refractivity contribution in [2.45, 2.75) is 38.3 Å². The Morgan fingerprint density at radius 1 is 1.04 bits per heavy atom. The van der Waals surface area contributed by atoms with Crippen LogP contribution < -0.4 is 5.32 Å². The molecule has 1 amide bonds. The van der Waals surface area contributed by atoms with Crippen LogP contribution in [0.1, 0.15) is 35.7 Å². The molecular weight excluding hydrogens is 314 g/mol. The second-order valence-electron chi connectivity index (χ2n) is 7.63. The first-order valence-corrected chi connectivity index (χ1v) is 9.30. The van der Waals surface area contributed by atoms with Gasteiger partial charge in [-0.1, -0.05) is 24.6 Å². The van der Waals surface area contributed by atoms with E-state index in [-0.39, 0.29) is 5.91 Å². The van der Waals surface area contributed by atoms with E-state index in [0.29, 0.717) is 17.7 Å². The van der Waals surface area contributed by atoms with E-state index in [2.05, 4.69) is 20.4 Å². The van der Waals surface area contributed by atoms with E-state index in [1.807, 2.05) is 34.9 Å². The van der Waals surface area contributed by atoms with Gasteiger partial charge in [-0.05, 0) is 36.8 Å². The Kier molecular flexibility index (Phi) is 3.59. The third kappa shape index (κ3) is 2.65. The third-order valence-electron chi connectivity index (χ3n) is 6.12. The van der Waals surface area contributed by atoms with Crippen LogP contribution in [0.15, 0.2) is 30.3 Å². The Balaban J connectivity index is 1.33. The van der Waals surface area contributed by atoms with Crippen LogP contribution in [0.4, 0.5) is 5.69 Å². The van der Waals surface area contributed by atoms with Crippen molar-refractivity contribution in [3.8, 4) is 0 Å². The molecule has 1 N–H and O–H groups in total. The summed E-state index contributed by atoms with van der Waals surface area (Å²) in [5, 5.41) is 11.4. The number of aromatic nitrogens is 3. The monoisotopic (exact) mass is 337 g/mol. The number of fused-ring (bicyclic) bond motifs is 2. The molecule has 2 aromatic rings. The zero-order valence-electron chi connectivity index (χ0n) is 14.3. The van der Waals surface area contributed by atoms with Gasteiger partial charge in [0.15, 0.2) is 0 Å². The molecule has 5 rings (SSSR count). The smallest absolute Gasteiger partial charge is 0.293 e. The largest absolute Gasteiger partial charge is 0.319 e. The van der Waals surface area contributed by atoms with Gasteiger partial charge in [0.05, 0.1) is 0 Å². The van der Waals surface area contributed by atoms with Crippen molar-refractivity contribution < 1.29 is 4.79 Å². The van der Waals surface area contributed by atoms with Crippen LogP contribution >= 0.6 is 0 Å². The zero-order valence-corrected chi connectivity index (χ0v) is 14.3. The molecule has 1 aromatic carbocycles. The second kappa shape index (κ2) is 5.95. The maximum absolute atomic E-state index is 12.6. The van der Waals surface area contributed by atoms with Crippen LogP contribution in [0.3, 0.4) is 0 Å². The Morgan fingerprint density at radius 2 is 1.84 bits per heavy atom. The van der Waals surface area contributed by atoms with Crippen LogP contribution in [-0.4, -0.2) is 44.7 Å². The lowest BCUT2D eigenvalue weighted by Crippen LogP contribution is -2.38. The van der Waals surface area contributed by atoms with Gasteiger partial charge in [0.1, 0.15) is 5.82 Å². The first-order valence-electron chi connectivity index (χ1n) is 9.30. The Labute approximate surface area is 147 Å². The van der Waals surface area contributed by atoms with Crippen molar-refractivity contribution in [2.24, 2.45) is 11.8 Å². The maximum atomic E-state index is 12.6. The predicted molar refractivity (Wildman–Crippen MR) is 94.3 cm³/mol. The number of nitrogens with one attached hydrogen (secondary N) is 1. The minimum atomic E-state index is -0.169. The highest BCUT2D eigenvalue weighted by Gasteiger charge is 2.42. The molecule has 6 nitrogen and oxygen atoms in total. The van der Waals surface area contributed by atoms with E-state index in [4.69, 9.17) is 0 Å². The van der Waals surface area contributed by atoms with Crippen LogP contribution in [0, 0.1) is 11.8 Å². The third-order valence-corrected chi connectivity index (χ3v) is 6.12. The van der Waals surface area contributed by atoms with E-state index < -0.39 is 0 Å². The lowest BCUT2D eigenvalue weighted by atomic mass is 9.89. The van der Waals surface area contributed by atoms with Crippen molar-refractivity contribution in [1.29, 1.82) is 0 Å². The van der Waals surface area contributed by atoms with Gasteiger partial charge < -0.3 is 9.88 Å². The average Bonchev–Trinajstić information content (AvgIpc) is 3.14. The van der Waals surface area contributed by atoms with Gasteiger partial charge in [-0.15, -0.1) is 10.2 Å². The molecule has 3 aliphatic rings. The molecule has 3 heterocycles. The highest BCUT2D eigenvalue weighted by atomic mass is 16.2. The number of amides is 1. The summed E-state index contributed by atoms with van der Waals surface area (Å²) in [7, 11) is 0. The fraction of sp³-hybridized carbons (Fsp3) is 0.526. The van der Waals surface area contributed by atoms with Gasteiger partial charge in [0.25, 0.3) is 5.91 Å². The number of anilines is 1. The van der Waals surface area contributed by atoms with Crippen LogP contribution in [0.5, 0.6) is 0 Å². The van der Waals surface area contributed by atoms with E-state index in [1.165, 1.54) is 25.8 Å². The molecule has 0 bridgehead atoms. The first kappa shape index (κ1) is 15.1. The number of likely N-dealkylation sites (tertiary alicyclic amines) is 1. The van der Waals surface area contributed by atoms with E-state index >= 15 is 0 Å². The Bertz CT molecular complexity index is 782. The van der Waals surface area contributed by atoms with Crippen LogP contribution in [0.2, 0.25) is 0 Å². The fourth-order valence-electron chi connectivity index (χ4n) is 4.49. The van der Waals surface area contributed by atoms with Gasteiger partial charge in [-0.25, -0.2) is 0 Å². The second-order valence-corrected chi connectivity index (χ2v) is 7.63. The lowest BCUT2D eigenvalue weighted by Gasteiger charge is -2.34. The number of carbonyl (C=O) groups is 1. The molecule has 25 heavy (non-hydrogen) atoms. The minimum absolute atomic E-state index is 0.169. The molecule has 2 aliphatic heterocycles. The van der Waals surface area contributed by atoms with Gasteiger partial charge in [-0.2, -0.15) is 0 Å². The van der Waals surface area contributed by atoms with Crippen molar-refractivity contribution in [3.05, 3.63) is 42.0 Å². The number of carbonyl (C=O) groups excluding carboxylic acids is 1. The van der Waals surface area contributed by atoms with Gasteiger partial charge in [0, 0.05) is 37.8 Å². The standard InChI is InChI=1S/C19H23N5O/c25-19(20-15-5-2-1-3-6-15)18-22-21-17-9-13-10-23(16-7-4-8-16)11-14(13)12-24(17)18/h1-3,5-6,13-14,16H,4,7-12H2,(H,20,25)/t13-,14-/m0/s1. The molecule has 0 unspecified atom stereocenters. The molecule has 130 valence electrons.